The van der Waals surface area contributed by atoms with Crippen molar-refractivity contribution in [3.63, 3.8) is 0 Å². The topological polar surface area (TPSA) is 86.2 Å². The summed E-state index contributed by atoms with van der Waals surface area (Å²) < 4.78 is 0. The lowest BCUT2D eigenvalue weighted by Gasteiger charge is -1.88. The van der Waals surface area contributed by atoms with E-state index in [-0.39, 0.29) is 11.6 Å². The van der Waals surface area contributed by atoms with Gasteiger partial charge in [0.15, 0.2) is 0 Å². The molecule has 0 saturated heterocycles. The molecule has 0 spiro atoms. The number of hydrogen-bond acceptors (Lipinski definition) is 3. The molecular formula is C8H6N2O3. The Labute approximate surface area is 72.7 Å². The highest BCUT2D eigenvalue weighted by Crippen LogP contribution is 2.16. The fraction of sp³-hybridized carbons (Fsp3) is 0. The van der Waals surface area contributed by atoms with E-state index in [0.29, 0.717) is 11.0 Å². The Morgan fingerprint density at radius 2 is 2.23 bits per heavy atom. The molecule has 0 fully saturated rings. The van der Waals surface area contributed by atoms with E-state index in [9.17, 15) is 4.79 Å². The zero-order valence-electron chi connectivity index (χ0n) is 6.48. The lowest BCUT2D eigenvalue weighted by Crippen LogP contribution is -1.94. The van der Waals surface area contributed by atoms with Crippen molar-refractivity contribution in [2.75, 3.05) is 0 Å². The molecule has 3 N–H and O–H groups in total. The van der Waals surface area contributed by atoms with Crippen LogP contribution >= 0.6 is 0 Å². The van der Waals surface area contributed by atoms with Gasteiger partial charge in [0.1, 0.15) is 11.3 Å². The van der Waals surface area contributed by atoms with Crippen molar-refractivity contribution >= 4 is 17.0 Å². The van der Waals surface area contributed by atoms with Crippen LogP contribution in [0.25, 0.3) is 11.0 Å². The zero-order valence-corrected chi connectivity index (χ0v) is 6.48. The summed E-state index contributed by atoms with van der Waals surface area (Å²) in [6.07, 6.45) is 0. The molecule has 0 amide bonds. The van der Waals surface area contributed by atoms with E-state index in [4.69, 9.17) is 10.2 Å². The smallest absolute Gasteiger partial charge is 0.352 e. The second kappa shape index (κ2) is 2.48. The predicted octanol–water partition coefficient (Wildman–Crippen LogP) is 0.967. The number of nitrogens with one attached hydrogen (secondary N) is 1. The molecule has 0 unspecified atom stereocenters. The molecule has 0 aliphatic carbocycles. The molecule has 2 aromatic heterocycles. The molecule has 66 valence electrons. The zero-order chi connectivity index (χ0) is 9.42. The van der Waals surface area contributed by atoms with Gasteiger partial charge in [-0.05, 0) is 12.1 Å². The third-order valence-electron chi connectivity index (χ3n) is 1.70. The van der Waals surface area contributed by atoms with Crippen LogP contribution in [0.3, 0.4) is 0 Å². The lowest BCUT2D eigenvalue weighted by molar-refractivity contribution is 0.0691. The Morgan fingerprint density at radius 3 is 2.92 bits per heavy atom. The van der Waals surface area contributed by atoms with Crippen LogP contribution in [0.2, 0.25) is 0 Å². The first kappa shape index (κ1) is 7.60. The van der Waals surface area contributed by atoms with Gasteiger partial charge in [0.05, 0.1) is 0 Å². The van der Waals surface area contributed by atoms with Crippen molar-refractivity contribution in [1.82, 2.24) is 9.97 Å². The Kier molecular flexibility index (Phi) is 1.45. The Bertz CT molecular complexity index is 475. The molecule has 0 saturated carbocycles. The molecule has 2 heterocycles. The summed E-state index contributed by atoms with van der Waals surface area (Å²) >= 11 is 0. The van der Waals surface area contributed by atoms with Crippen molar-refractivity contribution < 1.29 is 15.0 Å². The number of pyridine rings is 1. The first-order valence-electron chi connectivity index (χ1n) is 3.59. The summed E-state index contributed by atoms with van der Waals surface area (Å²) in [5, 5.41) is 18.3. The highest BCUT2D eigenvalue weighted by atomic mass is 16.4. The maximum absolute atomic E-state index is 10.5. The minimum atomic E-state index is -1.04. The standard InChI is InChI=1S/C8H6N2O3/c11-6-2-1-4-3-5(8(12)13)9-7(4)10-6/h1-3H,(H,12,13)(H2,9,10,11). The van der Waals surface area contributed by atoms with Crippen LogP contribution in [0.15, 0.2) is 18.2 Å². The largest absolute Gasteiger partial charge is 0.493 e. The number of aromatic carboxylic acids is 1. The summed E-state index contributed by atoms with van der Waals surface area (Å²) in [6.45, 7) is 0. The van der Waals surface area contributed by atoms with Gasteiger partial charge in [0, 0.05) is 11.5 Å². The fourth-order valence-corrected chi connectivity index (χ4v) is 1.11. The number of carbonyl (C=O) groups is 1. The molecule has 0 aromatic carbocycles. The number of H-pyrrole nitrogens is 1. The van der Waals surface area contributed by atoms with E-state index >= 15 is 0 Å². The summed E-state index contributed by atoms with van der Waals surface area (Å²) in [6, 6.07) is 4.46. The van der Waals surface area contributed by atoms with Gasteiger partial charge >= 0.3 is 5.97 Å². The molecule has 5 heteroatoms. The monoisotopic (exact) mass is 178 g/mol. The fourth-order valence-electron chi connectivity index (χ4n) is 1.11. The first-order valence-corrected chi connectivity index (χ1v) is 3.59. The van der Waals surface area contributed by atoms with E-state index in [2.05, 4.69) is 9.97 Å². The van der Waals surface area contributed by atoms with E-state index in [1.807, 2.05) is 0 Å². The average Bonchev–Trinajstić information content (AvgIpc) is 2.46. The summed E-state index contributed by atoms with van der Waals surface area (Å²) in [7, 11) is 0. The molecule has 0 aliphatic rings. The minimum Gasteiger partial charge on any atom is -0.493 e. The van der Waals surface area contributed by atoms with Crippen molar-refractivity contribution in [3.8, 4) is 5.88 Å². The summed E-state index contributed by atoms with van der Waals surface area (Å²) in [5.41, 5.74) is 0.436. The number of hydrogen-bond donors (Lipinski definition) is 3. The van der Waals surface area contributed by atoms with Crippen LogP contribution in [-0.4, -0.2) is 26.2 Å². The normalized spacial score (nSPS) is 10.5. The summed E-state index contributed by atoms with van der Waals surface area (Å²) in [5.74, 6) is -1.18. The summed E-state index contributed by atoms with van der Waals surface area (Å²) in [4.78, 5) is 16.8. The minimum absolute atomic E-state index is 0.0631. The van der Waals surface area contributed by atoms with Crippen LogP contribution in [-0.2, 0) is 0 Å². The van der Waals surface area contributed by atoms with Gasteiger partial charge in [0.2, 0.25) is 5.88 Å². The maximum atomic E-state index is 10.5. The molecule has 0 radical (unpaired) electrons. The van der Waals surface area contributed by atoms with Crippen molar-refractivity contribution in [2.45, 2.75) is 0 Å². The molecule has 13 heavy (non-hydrogen) atoms. The number of aromatic hydroxyl groups is 1. The molecule has 0 aliphatic heterocycles. The van der Waals surface area contributed by atoms with Crippen molar-refractivity contribution in [1.29, 1.82) is 0 Å². The van der Waals surface area contributed by atoms with E-state index in [1.54, 1.807) is 6.07 Å². The SMILES string of the molecule is O=C(O)c1cc2ccc(O)nc2[nH]1. The quantitative estimate of drug-likeness (QED) is 0.607. The van der Waals surface area contributed by atoms with Gasteiger partial charge in [-0.2, -0.15) is 4.98 Å². The van der Waals surface area contributed by atoms with Gasteiger partial charge in [-0.3, -0.25) is 0 Å². The van der Waals surface area contributed by atoms with Gasteiger partial charge in [-0.1, -0.05) is 0 Å². The third kappa shape index (κ3) is 1.20. The number of carboxylic acid groups (broad SMARTS) is 1. The third-order valence-corrected chi connectivity index (χ3v) is 1.70. The Balaban J connectivity index is 2.68. The first-order chi connectivity index (χ1) is 6.16. The molecular weight excluding hydrogens is 172 g/mol. The average molecular weight is 178 g/mol. The predicted molar refractivity (Wildman–Crippen MR) is 44.7 cm³/mol. The van der Waals surface area contributed by atoms with Crippen LogP contribution < -0.4 is 0 Å². The molecule has 2 rings (SSSR count). The lowest BCUT2D eigenvalue weighted by atomic mass is 10.3. The van der Waals surface area contributed by atoms with Crippen LogP contribution in [0.4, 0.5) is 0 Å². The van der Waals surface area contributed by atoms with Gasteiger partial charge in [0.25, 0.3) is 0 Å². The van der Waals surface area contributed by atoms with Crippen LogP contribution in [0, 0.1) is 0 Å². The Morgan fingerprint density at radius 1 is 1.46 bits per heavy atom. The maximum Gasteiger partial charge on any atom is 0.352 e. The van der Waals surface area contributed by atoms with E-state index < -0.39 is 5.97 Å². The number of aromatic nitrogens is 2. The number of carboxylic acids is 1. The van der Waals surface area contributed by atoms with Gasteiger partial charge in [-0.25, -0.2) is 4.79 Å². The van der Waals surface area contributed by atoms with Gasteiger partial charge in [-0.15, -0.1) is 0 Å². The van der Waals surface area contributed by atoms with Crippen molar-refractivity contribution in [3.05, 3.63) is 23.9 Å². The van der Waals surface area contributed by atoms with Crippen LogP contribution in [0.1, 0.15) is 10.5 Å². The Hall–Kier alpha value is -2.04. The number of rotatable bonds is 1. The van der Waals surface area contributed by atoms with E-state index in [1.165, 1.54) is 12.1 Å². The van der Waals surface area contributed by atoms with Gasteiger partial charge < -0.3 is 15.2 Å². The molecule has 0 bridgehead atoms. The molecule has 0 atom stereocenters. The second-order valence-electron chi connectivity index (χ2n) is 2.60. The second-order valence-corrected chi connectivity index (χ2v) is 2.60. The molecule has 5 nitrogen and oxygen atoms in total. The van der Waals surface area contributed by atoms with Crippen molar-refractivity contribution in [2.24, 2.45) is 0 Å². The van der Waals surface area contributed by atoms with Crippen LogP contribution in [0.5, 0.6) is 5.88 Å². The van der Waals surface area contributed by atoms with E-state index in [0.717, 1.165) is 0 Å². The molecule has 2 aromatic rings. The highest BCUT2D eigenvalue weighted by Gasteiger charge is 2.07. The highest BCUT2D eigenvalue weighted by molar-refractivity contribution is 5.92. The number of nitrogens with zero attached hydrogens (tertiary/aromatic N) is 1. The number of aromatic amines is 1. The number of fused-ring (bicyclic) bond motifs is 1.